The topological polar surface area (TPSA) is 104 Å². The SMILES string of the molecule is Cc1cc(C(=O)Nc2nc(-c3ccc4c(c3)OCO4)cs2)ccc1-n1cnnn1. The number of nitrogens with zero attached hydrogens (tertiary/aromatic N) is 5. The first-order valence-electron chi connectivity index (χ1n) is 8.68. The Morgan fingerprint density at radius 1 is 1.17 bits per heavy atom. The standard InChI is InChI=1S/C19H14N6O3S/c1-11-6-13(2-4-15(11)25-9-20-23-24-25)18(26)22-19-21-14(8-29-19)12-3-5-16-17(7-12)28-10-27-16/h2-9H,10H2,1H3,(H,21,22,26). The van der Waals surface area contributed by atoms with Crippen molar-refractivity contribution in [1.82, 2.24) is 25.2 Å². The molecule has 0 fully saturated rings. The van der Waals surface area contributed by atoms with Gasteiger partial charge in [-0.15, -0.1) is 16.4 Å². The van der Waals surface area contributed by atoms with Crippen LogP contribution in [-0.4, -0.2) is 37.9 Å². The number of tetrazole rings is 1. The second-order valence-corrected chi connectivity index (χ2v) is 7.17. The van der Waals surface area contributed by atoms with Crippen LogP contribution in [0.2, 0.25) is 0 Å². The molecule has 0 unspecified atom stereocenters. The fourth-order valence-corrected chi connectivity index (χ4v) is 3.73. The van der Waals surface area contributed by atoms with E-state index < -0.39 is 0 Å². The summed E-state index contributed by atoms with van der Waals surface area (Å²) in [5, 5.41) is 16.4. The molecule has 5 rings (SSSR count). The Hall–Kier alpha value is -3.79. The van der Waals surface area contributed by atoms with Crippen molar-refractivity contribution in [3.8, 4) is 28.4 Å². The average molecular weight is 406 g/mol. The molecule has 144 valence electrons. The quantitative estimate of drug-likeness (QED) is 0.555. The van der Waals surface area contributed by atoms with E-state index in [0.717, 1.165) is 28.3 Å². The largest absolute Gasteiger partial charge is 0.454 e. The summed E-state index contributed by atoms with van der Waals surface area (Å²) in [6.07, 6.45) is 1.51. The molecule has 4 aromatic rings. The number of hydrogen-bond acceptors (Lipinski definition) is 8. The maximum Gasteiger partial charge on any atom is 0.257 e. The summed E-state index contributed by atoms with van der Waals surface area (Å²) in [6, 6.07) is 11.0. The summed E-state index contributed by atoms with van der Waals surface area (Å²) in [5.74, 6) is 1.18. The lowest BCUT2D eigenvalue weighted by molar-refractivity contribution is 0.102. The molecule has 1 N–H and O–H groups in total. The molecular formula is C19H14N6O3S. The number of fused-ring (bicyclic) bond motifs is 1. The van der Waals surface area contributed by atoms with Crippen molar-refractivity contribution in [1.29, 1.82) is 0 Å². The monoisotopic (exact) mass is 406 g/mol. The minimum Gasteiger partial charge on any atom is -0.454 e. The van der Waals surface area contributed by atoms with E-state index in [1.165, 1.54) is 17.7 Å². The minimum absolute atomic E-state index is 0.225. The normalized spacial score (nSPS) is 12.2. The molecule has 0 saturated carbocycles. The first-order valence-corrected chi connectivity index (χ1v) is 9.56. The first-order chi connectivity index (χ1) is 14.2. The number of benzene rings is 2. The van der Waals surface area contributed by atoms with Crippen molar-refractivity contribution in [3.05, 3.63) is 59.2 Å². The van der Waals surface area contributed by atoms with Gasteiger partial charge in [0.15, 0.2) is 16.6 Å². The molecule has 2 aromatic carbocycles. The van der Waals surface area contributed by atoms with Crippen LogP contribution in [0.15, 0.2) is 48.1 Å². The Morgan fingerprint density at radius 2 is 2.07 bits per heavy atom. The summed E-state index contributed by atoms with van der Waals surface area (Å²) < 4.78 is 12.3. The Kier molecular flexibility index (Phi) is 4.17. The molecule has 1 aliphatic heterocycles. The fourth-order valence-electron chi connectivity index (χ4n) is 3.01. The van der Waals surface area contributed by atoms with E-state index in [1.807, 2.05) is 30.5 Å². The number of carbonyl (C=O) groups excluding carboxylic acids is 1. The second kappa shape index (κ2) is 6.99. The third kappa shape index (κ3) is 3.29. The maximum absolute atomic E-state index is 12.6. The van der Waals surface area contributed by atoms with Crippen LogP contribution < -0.4 is 14.8 Å². The molecule has 0 radical (unpaired) electrons. The lowest BCUT2D eigenvalue weighted by Gasteiger charge is -2.07. The zero-order valence-electron chi connectivity index (χ0n) is 15.2. The van der Waals surface area contributed by atoms with Crippen LogP contribution >= 0.6 is 11.3 Å². The Bertz CT molecular complexity index is 1200. The summed E-state index contributed by atoms with van der Waals surface area (Å²) in [5.41, 5.74) is 3.87. The number of amides is 1. The molecular weight excluding hydrogens is 392 g/mol. The van der Waals surface area contributed by atoms with Crippen LogP contribution in [0.25, 0.3) is 16.9 Å². The molecule has 0 bridgehead atoms. The van der Waals surface area contributed by atoms with Gasteiger partial charge in [-0.2, -0.15) is 0 Å². The van der Waals surface area contributed by atoms with Crippen LogP contribution in [0.5, 0.6) is 11.5 Å². The highest BCUT2D eigenvalue weighted by Gasteiger charge is 2.16. The van der Waals surface area contributed by atoms with Gasteiger partial charge in [0, 0.05) is 16.5 Å². The average Bonchev–Trinajstić information content (AvgIpc) is 3.48. The Balaban J connectivity index is 1.33. The van der Waals surface area contributed by atoms with Gasteiger partial charge in [0.1, 0.15) is 6.33 Å². The van der Waals surface area contributed by atoms with E-state index in [2.05, 4.69) is 25.8 Å². The number of nitrogens with one attached hydrogen (secondary N) is 1. The van der Waals surface area contributed by atoms with Crippen LogP contribution in [-0.2, 0) is 0 Å². The van der Waals surface area contributed by atoms with Gasteiger partial charge >= 0.3 is 0 Å². The van der Waals surface area contributed by atoms with Crippen LogP contribution in [0.1, 0.15) is 15.9 Å². The van der Waals surface area contributed by atoms with E-state index in [1.54, 1.807) is 22.9 Å². The predicted molar refractivity (Wildman–Crippen MR) is 106 cm³/mol. The predicted octanol–water partition coefficient (Wildman–Crippen LogP) is 3.08. The number of hydrogen-bond donors (Lipinski definition) is 1. The van der Waals surface area contributed by atoms with Gasteiger partial charge in [-0.3, -0.25) is 10.1 Å². The number of ether oxygens (including phenoxy) is 2. The van der Waals surface area contributed by atoms with E-state index in [9.17, 15) is 4.79 Å². The third-order valence-electron chi connectivity index (χ3n) is 4.45. The molecule has 1 aliphatic rings. The van der Waals surface area contributed by atoms with Crippen molar-refractivity contribution >= 4 is 22.4 Å². The van der Waals surface area contributed by atoms with Gasteiger partial charge in [-0.1, -0.05) is 0 Å². The Labute approximate surface area is 168 Å². The molecule has 10 heteroatoms. The van der Waals surface area contributed by atoms with E-state index in [-0.39, 0.29) is 12.7 Å². The number of anilines is 1. The zero-order chi connectivity index (χ0) is 19.8. The van der Waals surface area contributed by atoms with Gasteiger partial charge in [-0.25, -0.2) is 9.67 Å². The third-order valence-corrected chi connectivity index (χ3v) is 5.21. The van der Waals surface area contributed by atoms with E-state index >= 15 is 0 Å². The smallest absolute Gasteiger partial charge is 0.257 e. The maximum atomic E-state index is 12.6. The summed E-state index contributed by atoms with van der Waals surface area (Å²) in [4.78, 5) is 17.1. The Morgan fingerprint density at radius 3 is 2.90 bits per heavy atom. The van der Waals surface area contributed by atoms with Crippen LogP contribution in [0, 0.1) is 6.92 Å². The molecule has 2 aromatic heterocycles. The number of aromatic nitrogens is 5. The summed E-state index contributed by atoms with van der Waals surface area (Å²) >= 11 is 1.36. The van der Waals surface area contributed by atoms with Crippen molar-refractivity contribution in [2.45, 2.75) is 6.92 Å². The molecule has 0 saturated heterocycles. The number of thiazole rings is 1. The lowest BCUT2D eigenvalue weighted by atomic mass is 10.1. The minimum atomic E-state index is -0.233. The number of carbonyl (C=O) groups is 1. The highest BCUT2D eigenvalue weighted by molar-refractivity contribution is 7.14. The number of rotatable bonds is 4. The summed E-state index contributed by atoms with van der Waals surface area (Å²) in [7, 11) is 0. The van der Waals surface area contributed by atoms with Gasteiger partial charge in [-0.05, 0) is 59.3 Å². The van der Waals surface area contributed by atoms with Crippen molar-refractivity contribution < 1.29 is 14.3 Å². The van der Waals surface area contributed by atoms with Gasteiger partial charge < -0.3 is 9.47 Å². The van der Waals surface area contributed by atoms with Crippen molar-refractivity contribution in [2.24, 2.45) is 0 Å². The van der Waals surface area contributed by atoms with Gasteiger partial charge in [0.2, 0.25) is 6.79 Å². The molecule has 3 heterocycles. The molecule has 1 amide bonds. The van der Waals surface area contributed by atoms with Crippen LogP contribution in [0.3, 0.4) is 0 Å². The van der Waals surface area contributed by atoms with Crippen LogP contribution in [0.4, 0.5) is 5.13 Å². The fraction of sp³-hybridized carbons (Fsp3) is 0.105. The van der Waals surface area contributed by atoms with Gasteiger partial charge in [0.05, 0.1) is 11.4 Å². The van der Waals surface area contributed by atoms with E-state index in [4.69, 9.17) is 9.47 Å². The molecule has 29 heavy (non-hydrogen) atoms. The molecule has 0 aliphatic carbocycles. The molecule has 0 atom stereocenters. The first kappa shape index (κ1) is 17.3. The van der Waals surface area contributed by atoms with Crippen molar-refractivity contribution in [3.63, 3.8) is 0 Å². The molecule has 9 nitrogen and oxygen atoms in total. The lowest BCUT2D eigenvalue weighted by Crippen LogP contribution is -2.12. The van der Waals surface area contributed by atoms with Crippen molar-refractivity contribution in [2.75, 3.05) is 12.1 Å². The van der Waals surface area contributed by atoms with Gasteiger partial charge in [0.25, 0.3) is 5.91 Å². The zero-order valence-corrected chi connectivity index (χ0v) is 16.0. The summed E-state index contributed by atoms with van der Waals surface area (Å²) in [6.45, 7) is 2.12. The second-order valence-electron chi connectivity index (χ2n) is 6.32. The highest BCUT2D eigenvalue weighted by atomic mass is 32.1. The van der Waals surface area contributed by atoms with E-state index in [0.29, 0.717) is 16.4 Å². The molecule has 0 spiro atoms. The highest BCUT2D eigenvalue weighted by Crippen LogP contribution is 2.36. The number of aryl methyl sites for hydroxylation is 1.